The number of hydrogen-bond donors (Lipinski definition) is 0. The van der Waals surface area contributed by atoms with Crippen molar-refractivity contribution in [2.75, 3.05) is 13.7 Å². The largest absolute Gasteiger partial charge is 0.389 e. The Morgan fingerprint density at radius 3 is 2.29 bits per heavy atom. The van der Waals surface area contributed by atoms with Crippen LogP contribution >= 0.6 is 0 Å². The smallest absolute Gasteiger partial charge is 0.385 e. The first-order chi connectivity index (χ1) is 6.45. The fourth-order valence-electron chi connectivity index (χ4n) is 1.02. The van der Waals surface area contributed by atoms with Crippen molar-refractivity contribution in [1.29, 1.82) is 0 Å². The highest BCUT2D eigenvalue weighted by Gasteiger charge is 2.26. The number of alkyl halides is 3. The first-order valence-corrected chi connectivity index (χ1v) is 4.53. The standard InChI is InChI=1S/C9H15F3O2/c1-14-7-3-5-8(13)4-2-6-9(10,11)12/h2-7H2,1H3. The third kappa shape index (κ3) is 9.51. The summed E-state index contributed by atoms with van der Waals surface area (Å²) in [6.07, 6.45) is -4.21. The molecule has 0 amide bonds. The molecule has 0 saturated carbocycles. The Balaban J connectivity index is 3.36. The fourth-order valence-corrected chi connectivity index (χ4v) is 1.02. The van der Waals surface area contributed by atoms with E-state index in [1.54, 1.807) is 0 Å². The van der Waals surface area contributed by atoms with E-state index >= 15 is 0 Å². The lowest BCUT2D eigenvalue weighted by atomic mass is 10.1. The number of ketones is 1. The van der Waals surface area contributed by atoms with Crippen molar-refractivity contribution < 1.29 is 22.7 Å². The molecule has 5 heteroatoms. The van der Waals surface area contributed by atoms with E-state index in [-0.39, 0.29) is 18.6 Å². The quantitative estimate of drug-likeness (QED) is 0.606. The van der Waals surface area contributed by atoms with Crippen LogP contribution in [0.15, 0.2) is 0 Å². The molecule has 0 atom stereocenters. The summed E-state index contributed by atoms with van der Waals surface area (Å²) in [5.74, 6) is -0.119. The van der Waals surface area contributed by atoms with Gasteiger partial charge in [-0.25, -0.2) is 0 Å². The van der Waals surface area contributed by atoms with Gasteiger partial charge in [-0.2, -0.15) is 13.2 Å². The van der Waals surface area contributed by atoms with Crippen molar-refractivity contribution in [1.82, 2.24) is 0 Å². The van der Waals surface area contributed by atoms with Crippen molar-refractivity contribution >= 4 is 5.78 Å². The van der Waals surface area contributed by atoms with Gasteiger partial charge in [-0.1, -0.05) is 0 Å². The number of carbonyl (C=O) groups is 1. The Bertz CT molecular complexity index is 166. The number of Topliss-reactive ketones (excluding diaryl/α,β-unsaturated/α-hetero) is 1. The summed E-state index contributed by atoms with van der Waals surface area (Å²) in [5.41, 5.74) is 0. The zero-order chi connectivity index (χ0) is 11.0. The van der Waals surface area contributed by atoms with Gasteiger partial charge in [0.25, 0.3) is 0 Å². The normalized spacial score (nSPS) is 11.7. The Kier molecular flexibility index (Phi) is 6.53. The Morgan fingerprint density at radius 2 is 1.79 bits per heavy atom. The van der Waals surface area contributed by atoms with Gasteiger partial charge in [-0.15, -0.1) is 0 Å². The Labute approximate surface area is 81.4 Å². The van der Waals surface area contributed by atoms with Gasteiger partial charge in [0, 0.05) is 33.0 Å². The topological polar surface area (TPSA) is 26.3 Å². The highest BCUT2D eigenvalue weighted by molar-refractivity contribution is 5.78. The minimum Gasteiger partial charge on any atom is -0.385 e. The number of carbonyl (C=O) groups excluding carboxylic acids is 1. The third-order valence-electron chi connectivity index (χ3n) is 1.72. The summed E-state index contributed by atoms with van der Waals surface area (Å²) in [4.78, 5) is 11.0. The van der Waals surface area contributed by atoms with E-state index in [9.17, 15) is 18.0 Å². The van der Waals surface area contributed by atoms with Crippen LogP contribution in [0.4, 0.5) is 13.2 Å². The maximum Gasteiger partial charge on any atom is 0.389 e. The van der Waals surface area contributed by atoms with Crippen molar-refractivity contribution in [3.63, 3.8) is 0 Å². The minimum atomic E-state index is -4.15. The molecular formula is C9H15F3O2. The number of halogens is 3. The molecule has 0 aromatic heterocycles. The second kappa shape index (κ2) is 6.81. The van der Waals surface area contributed by atoms with Gasteiger partial charge in [0.2, 0.25) is 0 Å². The average molecular weight is 212 g/mol. The molecule has 0 rings (SSSR count). The summed E-state index contributed by atoms with van der Waals surface area (Å²) in [7, 11) is 1.52. The number of rotatable bonds is 7. The van der Waals surface area contributed by atoms with Gasteiger partial charge in [0.1, 0.15) is 5.78 Å². The van der Waals surface area contributed by atoms with Crippen molar-refractivity contribution in [3.05, 3.63) is 0 Å². The molecule has 0 aliphatic heterocycles. The van der Waals surface area contributed by atoms with Gasteiger partial charge in [0.05, 0.1) is 0 Å². The van der Waals surface area contributed by atoms with E-state index in [1.165, 1.54) is 7.11 Å². The molecule has 0 radical (unpaired) electrons. The van der Waals surface area contributed by atoms with Crippen LogP contribution in [0.2, 0.25) is 0 Å². The van der Waals surface area contributed by atoms with Crippen molar-refractivity contribution in [2.24, 2.45) is 0 Å². The predicted molar refractivity (Wildman–Crippen MR) is 46.0 cm³/mol. The van der Waals surface area contributed by atoms with Crippen LogP contribution in [0.5, 0.6) is 0 Å². The zero-order valence-electron chi connectivity index (χ0n) is 8.19. The number of ether oxygens (including phenoxy) is 1. The molecule has 0 aliphatic rings. The number of methoxy groups -OCH3 is 1. The maximum absolute atomic E-state index is 11.7. The van der Waals surface area contributed by atoms with E-state index in [0.29, 0.717) is 19.4 Å². The summed E-state index contributed by atoms with van der Waals surface area (Å²) < 4.78 is 39.8. The molecule has 0 N–H and O–H groups in total. The number of hydrogen-bond acceptors (Lipinski definition) is 2. The first-order valence-electron chi connectivity index (χ1n) is 4.53. The molecule has 2 nitrogen and oxygen atoms in total. The van der Waals surface area contributed by atoms with Crippen LogP contribution in [0.3, 0.4) is 0 Å². The zero-order valence-corrected chi connectivity index (χ0v) is 8.19. The summed E-state index contributed by atoms with van der Waals surface area (Å²) in [6.45, 7) is 0.477. The highest BCUT2D eigenvalue weighted by Crippen LogP contribution is 2.22. The van der Waals surface area contributed by atoms with E-state index in [2.05, 4.69) is 0 Å². The lowest BCUT2D eigenvalue weighted by Crippen LogP contribution is -2.08. The Morgan fingerprint density at radius 1 is 1.21 bits per heavy atom. The molecule has 0 aromatic carbocycles. The lowest BCUT2D eigenvalue weighted by Gasteiger charge is -2.04. The second-order valence-electron chi connectivity index (χ2n) is 3.10. The van der Waals surface area contributed by atoms with Crippen LogP contribution in [-0.2, 0) is 9.53 Å². The van der Waals surface area contributed by atoms with Gasteiger partial charge in [-0.05, 0) is 12.8 Å². The van der Waals surface area contributed by atoms with Crippen LogP contribution < -0.4 is 0 Å². The molecule has 0 bridgehead atoms. The molecular weight excluding hydrogens is 197 g/mol. The molecule has 0 aromatic rings. The lowest BCUT2D eigenvalue weighted by molar-refractivity contribution is -0.137. The fraction of sp³-hybridized carbons (Fsp3) is 0.889. The van der Waals surface area contributed by atoms with Gasteiger partial charge in [0.15, 0.2) is 0 Å². The average Bonchev–Trinajstić information content (AvgIpc) is 2.02. The minimum absolute atomic E-state index is 0.0171. The molecule has 84 valence electrons. The molecule has 0 spiro atoms. The van der Waals surface area contributed by atoms with Crippen LogP contribution in [0.1, 0.15) is 32.1 Å². The summed E-state index contributed by atoms with van der Waals surface area (Å²) in [5, 5.41) is 0. The second-order valence-corrected chi connectivity index (χ2v) is 3.10. The van der Waals surface area contributed by atoms with Gasteiger partial charge < -0.3 is 4.74 Å². The van der Waals surface area contributed by atoms with Crippen molar-refractivity contribution in [3.8, 4) is 0 Å². The third-order valence-corrected chi connectivity index (χ3v) is 1.72. The molecule has 0 fully saturated rings. The molecule has 0 aliphatic carbocycles. The Hall–Kier alpha value is -0.580. The van der Waals surface area contributed by atoms with E-state index < -0.39 is 12.6 Å². The van der Waals surface area contributed by atoms with Crippen LogP contribution in [0.25, 0.3) is 0 Å². The van der Waals surface area contributed by atoms with Gasteiger partial charge >= 0.3 is 6.18 Å². The van der Waals surface area contributed by atoms with Gasteiger partial charge in [-0.3, -0.25) is 4.79 Å². The van der Waals surface area contributed by atoms with Crippen molar-refractivity contribution in [2.45, 2.75) is 38.3 Å². The maximum atomic E-state index is 11.7. The van der Waals surface area contributed by atoms with Crippen LogP contribution in [0, 0.1) is 0 Å². The summed E-state index contributed by atoms with van der Waals surface area (Å²) in [6, 6.07) is 0. The highest BCUT2D eigenvalue weighted by atomic mass is 19.4. The molecule has 0 saturated heterocycles. The summed E-state index contributed by atoms with van der Waals surface area (Å²) >= 11 is 0. The SMILES string of the molecule is COCCCC(=O)CCCC(F)(F)F. The monoisotopic (exact) mass is 212 g/mol. The molecule has 0 heterocycles. The van der Waals surface area contributed by atoms with E-state index in [4.69, 9.17) is 4.74 Å². The molecule has 14 heavy (non-hydrogen) atoms. The van der Waals surface area contributed by atoms with E-state index in [1.807, 2.05) is 0 Å². The predicted octanol–water partition coefficient (Wildman–Crippen LogP) is 2.71. The van der Waals surface area contributed by atoms with Crippen LogP contribution in [-0.4, -0.2) is 25.7 Å². The van der Waals surface area contributed by atoms with E-state index in [0.717, 1.165) is 0 Å². The molecule has 0 unspecified atom stereocenters. The first kappa shape index (κ1) is 13.4.